The molecule has 1 aromatic rings. The molecule has 33 heavy (non-hydrogen) atoms. The van der Waals surface area contributed by atoms with E-state index in [0.717, 1.165) is 32.2 Å². The molecule has 0 radical (unpaired) electrons. The lowest BCUT2D eigenvalue weighted by atomic mass is 10.1. The molecule has 0 spiro atoms. The molecular formula is C18H32F6N3O4S2+. The van der Waals surface area contributed by atoms with Crippen LogP contribution in [0.4, 0.5) is 26.3 Å². The molecule has 1 heterocycles. The summed E-state index contributed by atoms with van der Waals surface area (Å²) in [5, 5.41) is 0. The van der Waals surface area contributed by atoms with Crippen molar-refractivity contribution in [2.45, 2.75) is 82.8 Å². The second-order valence-corrected chi connectivity index (χ2v) is 11.2. The number of hydrogen-bond acceptors (Lipinski definition) is 4. The summed E-state index contributed by atoms with van der Waals surface area (Å²) in [6.45, 7) is 3.77. The predicted molar refractivity (Wildman–Crippen MR) is 111 cm³/mol. The van der Waals surface area contributed by atoms with Crippen LogP contribution in [0.3, 0.4) is 0 Å². The lowest BCUT2D eigenvalue weighted by Crippen LogP contribution is -2.49. The van der Waals surface area contributed by atoms with E-state index in [1.165, 1.54) is 0 Å². The maximum atomic E-state index is 12.5. The van der Waals surface area contributed by atoms with Crippen molar-refractivity contribution in [3.05, 3.63) is 18.7 Å². The number of rotatable bonds is 12. The van der Waals surface area contributed by atoms with E-state index in [4.69, 9.17) is 0 Å². The van der Waals surface area contributed by atoms with Gasteiger partial charge in [-0.1, -0.05) is 55.6 Å². The average Bonchev–Trinajstić information content (AvgIpc) is 3.10. The summed E-state index contributed by atoms with van der Waals surface area (Å²) < 4.78 is 122. The second kappa shape index (κ2) is 13.5. The molecule has 0 amide bonds. The Labute approximate surface area is 191 Å². The van der Waals surface area contributed by atoms with Crippen LogP contribution in [0.15, 0.2) is 18.7 Å². The number of hydrogen-bond donors (Lipinski definition) is 0. The number of aryl methyl sites for hydroxylation is 2. The zero-order valence-electron chi connectivity index (χ0n) is 18.9. The van der Waals surface area contributed by atoms with Gasteiger partial charge in [-0.05, 0) is 13.3 Å². The first kappa shape index (κ1) is 31.6. The molecule has 0 aliphatic heterocycles. The molecule has 0 unspecified atom stereocenters. The number of imidazole rings is 1. The zero-order valence-corrected chi connectivity index (χ0v) is 20.5. The third-order valence-electron chi connectivity index (χ3n) is 4.50. The van der Waals surface area contributed by atoms with E-state index in [1.807, 2.05) is 24.7 Å². The van der Waals surface area contributed by atoms with E-state index in [-0.39, 0.29) is 6.42 Å². The highest BCUT2D eigenvalue weighted by molar-refractivity contribution is 8.04. The summed E-state index contributed by atoms with van der Waals surface area (Å²) in [5.41, 5.74) is -12.3. The molecule has 196 valence electrons. The van der Waals surface area contributed by atoms with Gasteiger partial charge in [0.25, 0.3) is 0 Å². The van der Waals surface area contributed by atoms with Gasteiger partial charge in [-0.15, -0.1) is 0 Å². The van der Waals surface area contributed by atoms with Crippen molar-refractivity contribution in [2.75, 3.05) is 6.54 Å². The molecule has 0 fully saturated rings. The monoisotopic (exact) mass is 532 g/mol. The van der Waals surface area contributed by atoms with Crippen molar-refractivity contribution in [2.24, 2.45) is 7.05 Å². The van der Waals surface area contributed by atoms with Crippen LogP contribution in [0.5, 0.6) is 0 Å². The van der Waals surface area contributed by atoms with Gasteiger partial charge >= 0.3 is 31.1 Å². The first-order valence-corrected chi connectivity index (χ1v) is 13.3. The summed E-state index contributed by atoms with van der Waals surface area (Å²) in [6, 6.07) is 0. The number of unbranched alkanes of at least 4 members (excludes halogenated alkanes) is 7. The molecule has 0 saturated carbocycles. The van der Waals surface area contributed by atoms with Crippen LogP contribution >= 0.6 is 0 Å². The number of sulfonamides is 2. The fourth-order valence-corrected chi connectivity index (χ4v) is 5.41. The van der Waals surface area contributed by atoms with Gasteiger partial charge in [-0.25, -0.2) is 26.0 Å². The van der Waals surface area contributed by atoms with Gasteiger partial charge < -0.3 is 0 Å². The van der Waals surface area contributed by atoms with Gasteiger partial charge in [-0.3, -0.25) is 0 Å². The maximum absolute atomic E-state index is 12.5. The Hall–Kier alpha value is -1.35. The Morgan fingerprint density at radius 1 is 0.788 bits per heavy atom. The third kappa shape index (κ3) is 10.2. The molecule has 0 aliphatic rings. The van der Waals surface area contributed by atoms with Gasteiger partial charge in [0, 0.05) is 6.54 Å². The number of nitrogens with zero attached hydrogens (tertiary/aromatic N) is 3. The van der Waals surface area contributed by atoms with E-state index in [9.17, 15) is 43.2 Å². The lowest BCUT2D eigenvalue weighted by Gasteiger charge is -2.23. The minimum atomic E-state index is -6.66. The van der Waals surface area contributed by atoms with E-state index in [0.29, 0.717) is 12.8 Å². The Bertz CT molecular complexity index is 853. The van der Waals surface area contributed by atoms with Crippen molar-refractivity contribution in [1.29, 1.82) is 0 Å². The molecule has 0 bridgehead atoms. The van der Waals surface area contributed by atoms with Gasteiger partial charge in [0.15, 0.2) is 0 Å². The summed E-state index contributed by atoms with van der Waals surface area (Å²) >= 11 is 0. The van der Waals surface area contributed by atoms with Gasteiger partial charge in [0.1, 0.15) is 12.4 Å². The molecule has 15 heteroatoms. The molecule has 0 atom stereocenters. The van der Waals surface area contributed by atoms with E-state index >= 15 is 0 Å². The maximum Gasteiger partial charge on any atom is 0.512 e. The Morgan fingerprint density at radius 2 is 1.21 bits per heavy atom. The highest BCUT2D eigenvalue weighted by atomic mass is 32.3. The van der Waals surface area contributed by atoms with Crippen LogP contribution in [0, 0.1) is 0 Å². The zero-order chi connectivity index (χ0) is 25.9. The lowest BCUT2D eigenvalue weighted by molar-refractivity contribution is -0.671. The largest absolute Gasteiger partial charge is 0.512 e. The molecule has 0 aromatic carbocycles. The van der Waals surface area contributed by atoms with Crippen molar-refractivity contribution >= 4 is 20.0 Å². The summed E-state index contributed by atoms with van der Waals surface area (Å²) in [4.78, 5) is 0. The molecule has 1 rings (SSSR count). The Morgan fingerprint density at radius 3 is 1.52 bits per heavy atom. The first-order valence-electron chi connectivity index (χ1n) is 10.4. The topological polar surface area (TPSA) is 80.3 Å². The fraction of sp³-hybridized carbons (Fsp3) is 0.833. The second-order valence-electron chi connectivity index (χ2n) is 7.28. The first-order chi connectivity index (χ1) is 15.0. The Kier molecular flexibility index (Phi) is 13.0. The van der Waals surface area contributed by atoms with Crippen molar-refractivity contribution in [1.82, 2.24) is 8.28 Å². The summed E-state index contributed by atoms with van der Waals surface area (Å²) in [6.07, 6.45) is 10.7. The highest BCUT2D eigenvalue weighted by Crippen LogP contribution is 2.35. The van der Waals surface area contributed by atoms with Crippen LogP contribution in [-0.2, 0) is 33.6 Å². The quantitative estimate of drug-likeness (QED) is 0.226. The molecule has 1 aromatic heterocycles. The highest BCUT2D eigenvalue weighted by Gasteiger charge is 2.61. The van der Waals surface area contributed by atoms with Crippen LogP contribution in [0.25, 0.3) is 0 Å². The fourth-order valence-electron chi connectivity index (χ4n) is 2.66. The van der Waals surface area contributed by atoms with Gasteiger partial charge in [-0.2, -0.15) is 26.3 Å². The number of alkyl halides is 6. The normalized spacial score (nSPS) is 13.2. The van der Waals surface area contributed by atoms with Crippen molar-refractivity contribution in [3.8, 4) is 0 Å². The molecule has 7 nitrogen and oxygen atoms in total. The van der Waals surface area contributed by atoms with Crippen LogP contribution in [0.2, 0.25) is 0 Å². The smallest absolute Gasteiger partial charge is 0.240 e. The molecular weight excluding hydrogens is 500 g/mol. The number of aromatic nitrogens is 2. The summed E-state index contributed by atoms with van der Waals surface area (Å²) in [7, 11) is -11.3. The minimum Gasteiger partial charge on any atom is -0.240 e. The molecule has 0 aliphatic carbocycles. The molecule has 0 N–H and O–H groups in total. The summed E-state index contributed by atoms with van der Waals surface area (Å²) in [5.74, 6) is 0. The van der Waals surface area contributed by atoms with Crippen LogP contribution < -0.4 is 4.57 Å². The SMILES string of the molecule is CCCCCCCCCCN(S(=O)(=O)C(F)(F)F)S(=O)(=O)C(F)(F)F.CCn1cc[n+](C)c1. The average molecular weight is 533 g/mol. The van der Waals surface area contributed by atoms with Gasteiger partial charge in [0.05, 0.1) is 13.6 Å². The third-order valence-corrected chi connectivity index (χ3v) is 8.29. The standard InChI is InChI=1S/C12H21F6NO4S2.C6H11N2/c1-2-3-4-5-6-7-8-9-10-19(24(20,21)11(13,14)15)25(22,23)12(16,17)18;1-3-8-5-4-7(2)6-8/h2-10H2,1H3;4-6H,3H2,1-2H3/q;+1. The van der Waals surface area contributed by atoms with Crippen molar-refractivity contribution in [3.63, 3.8) is 0 Å². The van der Waals surface area contributed by atoms with Crippen LogP contribution in [0.1, 0.15) is 65.2 Å². The van der Waals surface area contributed by atoms with E-state index in [2.05, 4.69) is 24.0 Å². The van der Waals surface area contributed by atoms with E-state index < -0.39 is 47.7 Å². The number of halogens is 6. The van der Waals surface area contributed by atoms with E-state index in [1.54, 1.807) is 0 Å². The van der Waals surface area contributed by atoms with Gasteiger partial charge in [0.2, 0.25) is 6.33 Å². The predicted octanol–water partition coefficient (Wildman–Crippen LogP) is 4.46. The van der Waals surface area contributed by atoms with Crippen molar-refractivity contribution < 1.29 is 47.7 Å². The van der Waals surface area contributed by atoms with Crippen LogP contribution in [-0.4, -0.2) is 42.7 Å². The Balaban J connectivity index is 0.00000106. The minimum absolute atomic E-state index is 0.114. The molecule has 0 saturated heterocycles.